The first-order chi connectivity index (χ1) is 26.2. The van der Waals surface area contributed by atoms with Crippen LogP contribution >= 0.6 is 0 Å². The van der Waals surface area contributed by atoms with Gasteiger partial charge in [0, 0.05) is 58.5 Å². The Bertz CT molecular complexity index is 2390. The minimum absolute atomic E-state index is 0. The molecule has 2 aliphatic rings. The van der Waals surface area contributed by atoms with Crippen molar-refractivity contribution in [2.75, 3.05) is 13.2 Å². The standard InChI is InChI=1S/C44H42F4N4O2.2Na.2H/c1-27(53-17-5-3-7-29-9-11-31(45)19-41(29)47)39-23-37-22-35-14-13-33(49-35)21-34-15-16-36(50-34)25-43-40(24-38(52-43)26-44(39)51-37)28(2)54-18-6-4-8-30-10-12-32(46)20-42(30)48;;;;/h9-16,19-28,51-52H,3-8,17-18H2,1-2H3;;;;/q;2*+1;2*-1. The zero-order chi connectivity index (χ0) is 37.6. The fraction of sp³-hybridized carbons (Fsp3) is 0.273. The van der Waals surface area contributed by atoms with E-state index in [2.05, 4.69) is 28.2 Å². The van der Waals surface area contributed by atoms with Gasteiger partial charge in [-0.1, -0.05) is 12.1 Å². The predicted octanol–water partition coefficient (Wildman–Crippen LogP) is 5.65. The molecule has 0 spiro atoms. The Balaban J connectivity index is 0.00000225. The number of aromatic amines is 2. The molecule has 2 N–H and O–H groups in total. The molecule has 282 valence electrons. The van der Waals surface area contributed by atoms with Crippen molar-refractivity contribution in [1.82, 2.24) is 19.9 Å². The monoisotopic (exact) mass is 782 g/mol. The molecule has 12 heteroatoms. The van der Waals surface area contributed by atoms with Crippen LogP contribution in [0, 0.1) is 23.3 Å². The van der Waals surface area contributed by atoms with E-state index in [4.69, 9.17) is 19.4 Å². The first-order valence-corrected chi connectivity index (χ1v) is 18.4. The number of aromatic nitrogens is 4. The quantitative estimate of drug-likeness (QED) is 0.0851. The molecule has 0 amide bonds. The van der Waals surface area contributed by atoms with Gasteiger partial charge in [0.05, 0.1) is 35.0 Å². The summed E-state index contributed by atoms with van der Waals surface area (Å²) < 4.78 is 67.4. The van der Waals surface area contributed by atoms with Crippen LogP contribution in [0.25, 0.3) is 46.4 Å². The number of ether oxygens (including phenoxy) is 2. The smallest absolute Gasteiger partial charge is 1.00 e. The van der Waals surface area contributed by atoms with Crippen LogP contribution in [0.1, 0.15) is 99.6 Å². The van der Waals surface area contributed by atoms with Crippen molar-refractivity contribution in [3.05, 3.63) is 141 Å². The second-order valence-electron chi connectivity index (χ2n) is 13.8. The van der Waals surface area contributed by atoms with Crippen molar-refractivity contribution in [3.63, 3.8) is 0 Å². The summed E-state index contributed by atoms with van der Waals surface area (Å²) in [5.74, 6) is -2.20. The molecule has 3 aromatic heterocycles. The molecular formula is C44H44F4N4Na2O2. The number of H-pyrrole nitrogens is 2. The number of benzene rings is 2. The minimum atomic E-state index is -0.577. The van der Waals surface area contributed by atoms with E-state index >= 15 is 0 Å². The van der Waals surface area contributed by atoms with Crippen LogP contribution in [0.5, 0.6) is 0 Å². The van der Waals surface area contributed by atoms with E-state index in [0.717, 1.165) is 80.9 Å². The molecule has 56 heavy (non-hydrogen) atoms. The maximum Gasteiger partial charge on any atom is 1.00 e. The van der Waals surface area contributed by atoms with Crippen molar-refractivity contribution < 1.29 is 89.0 Å². The van der Waals surface area contributed by atoms with Crippen molar-refractivity contribution in [2.24, 2.45) is 0 Å². The normalized spacial score (nSPS) is 13.0. The molecule has 2 unspecified atom stereocenters. The zero-order valence-corrected chi connectivity index (χ0v) is 36.3. The molecule has 5 aromatic rings. The number of fused-ring (bicyclic) bond motifs is 8. The summed E-state index contributed by atoms with van der Waals surface area (Å²) in [4.78, 5) is 16.7. The molecule has 2 aromatic carbocycles. The molecule has 0 radical (unpaired) electrons. The van der Waals surface area contributed by atoms with Gasteiger partial charge in [0.15, 0.2) is 0 Å². The van der Waals surface area contributed by atoms with Crippen molar-refractivity contribution in [3.8, 4) is 0 Å². The number of aryl methyl sites for hydroxylation is 2. The van der Waals surface area contributed by atoms with Gasteiger partial charge < -0.3 is 22.3 Å². The van der Waals surface area contributed by atoms with E-state index in [1.54, 1.807) is 0 Å². The SMILES string of the molecule is CC(OCCCCc1ccc(F)cc1F)c1cc2cc3[nH]c(cc4nc(cc5nc(cc1[nH]2)C=C5)C=C4)cc3C(C)OCCCCc1ccc(F)cc1F.[H-].[H-].[Na+].[Na+]. The molecule has 0 saturated carbocycles. The van der Waals surface area contributed by atoms with E-state index in [1.807, 2.05) is 56.4 Å². The molecule has 5 heterocycles. The molecule has 0 aliphatic carbocycles. The fourth-order valence-electron chi connectivity index (χ4n) is 6.79. The number of unbranched alkanes of at least 4 members (excludes halogenated alkanes) is 2. The van der Waals surface area contributed by atoms with E-state index in [0.29, 0.717) is 50.0 Å². The number of nitrogens with zero attached hydrogens (tertiary/aromatic N) is 2. The fourth-order valence-corrected chi connectivity index (χ4v) is 6.79. The van der Waals surface area contributed by atoms with Gasteiger partial charge in [0.2, 0.25) is 0 Å². The van der Waals surface area contributed by atoms with Crippen molar-refractivity contribution >= 4 is 46.4 Å². The largest absolute Gasteiger partial charge is 1.00 e. The van der Waals surface area contributed by atoms with Crippen LogP contribution in [0.3, 0.4) is 0 Å². The summed E-state index contributed by atoms with van der Waals surface area (Å²) in [7, 11) is 0. The maximum atomic E-state index is 14.1. The van der Waals surface area contributed by atoms with Gasteiger partial charge in [-0.3, -0.25) is 0 Å². The molecule has 7 rings (SSSR count). The Kier molecular flexibility index (Phi) is 15.9. The van der Waals surface area contributed by atoms with E-state index in [1.165, 1.54) is 24.3 Å². The molecule has 6 nitrogen and oxygen atoms in total. The van der Waals surface area contributed by atoms with Gasteiger partial charge in [-0.25, -0.2) is 27.5 Å². The Morgan fingerprint density at radius 2 is 0.964 bits per heavy atom. The summed E-state index contributed by atoms with van der Waals surface area (Å²) >= 11 is 0. The van der Waals surface area contributed by atoms with Crippen molar-refractivity contribution in [1.29, 1.82) is 0 Å². The molecule has 8 bridgehead atoms. The number of halogens is 4. The second-order valence-corrected chi connectivity index (χ2v) is 13.8. The van der Waals surface area contributed by atoms with Gasteiger partial charge >= 0.3 is 59.1 Å². The summed E-state index contributed by atoms with van der Waals surface area (Å²) in [6.45, 7) is 4.98. The Morgan fingerprint density at radius 3 is 1.45 bits per heavy atom. The third-order valence-corrected chi connectivity index (χ3v) is 9.68. The van der Waals surface area contributed by atoms with E-state index < -0.39 is 23.3 Å². The first-order valence-electron chi connectivity index (χ1n) is 18.4. The Hall–Kier alpha value is -3.32. The van der Waals surface area contributed by atoms with Crippen molar-refractivity contribution in [2.45, 2.75) is 64.6 Å². The van der Waals surface area contributed by atoms with Crippen LogP contribution < -0.4 is 59.1 Å². The minimum Gasteiger partial charge on any atom is -1.00 e. The van der Waals surface area contributed by atoms with Gasteiger partial charge in [-0.2, -0.15) is 0 Å². The van der Waals surface area contributed by atoms with Gasteiger partial charge in [-0.15, -0.1) is 0 Å². The molecule has 0 saturated heterocycles. The first kappa shape index (κ1) is 43.8. The molecule has 0 fully saturated rings. The number of rotatable bonds is 14. The van der Waals surface area contributed by atoms with Gasteiger partial charge in [0.25, 0.3) is 0 Å². The summed E-state index contributed by atoms with van der Waals surface area (Å²) in [6, 6.07) is 19.6. The van der Waals surface area contributed by atoms with Crippen LogP contribution in [0.2, 0.25) is 0 Å². The topological polar surface area (TPSA) is 75.8 Å². The molecular weight excluding hydrogens is 738 g/mol. The third kappa shape index (κ3) is 11.4. The predicted molar refractivity (Wildman–Crippen MR) is 208 cm³/mol. The number of nitrogens with one attached hydrogen (secondary N) is 2. The Labute approximate surface area is 371 Å². The number of hydrogen-bond acceptors (Lipinski definition) is 4. The average Bonchev–Trinajstić information content (AvgIpc) is 3.94. The number of hydrogen-bond donors (Lipinski definition) is 2. The average molecular weight is 783 g/mol. The summed E-state index contributed by atoms with van der Waals surface area (Å²) in [5.41, 5.74) is 9.63. The maximum absolute atomic E-state index is 14.1. The summed E-state index contributed by atoms with van der Waals surface area (Å²) in [6.07, 6.45) is 11.2. The van der Waals surface area contributed by atoms with Crippen LogP contribution in [-0.4, -0.2) is 33.1 Å². The molecule has 2 atom stereocenters. The summed E-state index contributed by atoms with van der Waals surface area (Å²) in [5, 5.41) is 0. The van der Waals surface area contributed by atoms with Gasteiger partial charge in [-0.05, 0) is 136 Å². The molecule has 2 aliphatic heterocycles. The third-order valence-electron chi connectivity index (χ3n) is 9.68. The van der Waals surface area contributed by atoms with E-state index in [9.17, 15) is 17.6 Å². The van der Waals surface area contributed by atoms with Crippen LogP contribution in [0.4, 0.5) is 17.6 Å². The van der Waals surface area contributed by atoms with Gasteiger partial charge in [0.1, 0.15) is 23.3 Å². The second kappa shape index (κ2) is 20.4. The van der Waals surface area contributed by atoms with Crippen LogP contribution in [0.15, 0.2) is 72.8 Å². The van der Waals surface area contributed by atoms with Crippen LogP contribution in [-0.2, 0) is 22.3 Å². The van der Waals surface area contributed by atoms with E-state index in [-0.39, 0.29) is 74.2 Å². The Morgan fingerprint density at radius 1 is 0.536 bits per heavy atom. The zero-order valence-electron chi connectivity index (χ0n) is 34.3.